The van der Waals surface area contributed by atoms with E-state index in [-0.39, 0.29) is 24.1 Å². The third-order valence-corrected chi connectivity index (χ3v) is 6.34. The van der Waals surface area contributed by atoms with Gasteiger partial charge in [-0.1, -0.05) is 6.92 Å². The molecular formula is C22H27F3N6O. The van der Waals surface area contributed by atoms with Crippen LogP contribution in [0.15, 0.2) is 12.1 Å². The average Bonchev–Trinajstić information content (AvgIpc) is 3.28. The van der Waals surface area contributed by atoms with Crippen molar-refractivity contribution in [2.24, 2.45) is 0 Å². The summed E-state index contributed by atoms with van der Waals surface area (Å²) in [4.78, 5) is 19.3. The molecule has 10 heteroatoms. The number of amides is 1. The zero-order chi connectivity index (χ0) is 23.2. The van der Waals surface area contributed by atoms with Crippen LogP contribution in [0.3, 0.4) is 0 Å². The van der Waals surface area contributed by atoms with E-state index in [4.69, 9.17) is 0 Å². The smallest absolute Gasteiger partial charge is 0.332 e. The summed E-state index contributed by atoms with van der Waals surface area (Å²) in [6.07, 6.45) is -1.80. The lowest BCUT2D eigenvalue weighted by Gasteiger charge is -2.34. The van der Waals surface area contributed by atoms with E-state index in [2.05, 4.69) is 15.2 Å². The monoisotopic (exact) mass is 448 g/mol. The number of hydrogen-bond donors (Lipinski definition) is 0. The Balaban J connectivity index is 1.69. The Hall–Kier alpha value is -2.91. The van der Waals surface area contributed by atoms with Crippen molar-refractivity contribution in [3.05, 3.63) is 46.2 Å². The lowest BCUT2D eigenvalue weighted by molar-refractivity contribution is -0.143. The van der Waals surface area contributed by atoms with Gasteiger partial charge in [-0.2, -0.15) is 23.4 Å². The van der Waals surface area contributed by atoms with Gasteiger partial charge >= 0.3 is 6.18 Å². The van der Waals surface area contributed by atoms with Gasteiger partial charge in [0.1, 0.15) is 12.2 Å². The average molecular weight is 448 g/mol. The zero-order valence-corrected chi connectivity index (χ0v) is 18.7. The van der Waals surface area contributed by atoms with Crippen LogP contribution in [-0.2, 0) is 23.9 Å². The molecule has 32 heavy (non-hydrogen) atoms. The molecule has 1 fully saturated rings. The highest BCUT2D eigenvalue weighted by atomic mass is 19.4. The normalized spacial score (nSPS) is 17.3. The maximum atomic E-state index is 13.6. The van der Waals surface area contributed by atoms with Crippen molar-refractivity contribution in [1.82, 2.24) is 29.3 Å². The predicted molar refractivity (Wildman–Crippen MR) is 112 cm³/mol. The molecule has 0 bridgehead atoms. The van der Waals surface area contributed by atoms with Gasteiger partial charge in [-0.05, 0) is 58.1 Å². The highest BCUT2D eigenvalue weighted by molar-refractivity contribution is 5.76. The van der Waals surface area contributed by atoms with Crippen LogP contribution in [-0.4, -0.2) is 41.7 Å². The number of piperidine rings is 1. The molecule has 0 aliphatic carbocycles. The number of rotatable bonds is 4. The van der Waals surface area contributed by atoms with E-state index in [1.54, 1.807) is 22.6 Å². The minimum Gasteiger partial charge on any atom is -0.332 e. The molecule has 1 atom stereocenters. The Morgan fingerprint density at radius 2 is 1.91 bits per heavy atom. The number of hydrogen-bond acceptors (Lipinski definition) is 4. The van der Waals surface area contributed by atoms with Crippen LogP contribution in [0.1, 0.15) is 66.3 Å². The maximum absolute atomic E-state index is 13.6. The second-order valence-electron chi connectivity index (χ2n) is 8.38. The van der Waals surface area contributed by atoms with Crippen molar-refractivity contribution in [3.63, 3.8) is 0 Å². The largest absolute Gasteiger partial charge is 0.433 e. The second-order valence-corrected chi connectivity index (χ2v) is 8.38. The van der Waals surface area contributed by atoms with Crippen LogP contribution in [0.4, 0.5) is 13.2 Å². The zero-order valence-electron chi connectivity index (χ0n) is 18.7. The van der Waals surface area contributed by atoms with Crippen molar-refractivity contribution in [1.29, 1.82) is 0 Å². The molecule has 0 N–H and O–H groups in total. The Labute approximate surface area is 184 Å². The molecule has 3 aromatic heterocycles. The van der Waals surface area contributed by atoms with E-state index < -0.39 is 11.9 Å². The van der Waals surface area contributed by atoms with Crippen LogP contribution in [0.5, 0.6) is 0 Å². The summed E-state index contributed by atoms with van der Waals surface area (Å²) < 4.78 is 43.5. The summed E-state index contributed by atoms with van der Waals surface area (Å²) >= 11 is 0. The van der Waals surface area contributed by atoms with E-state index in [9.17, 15) is 18.0 Å². The Kier molecular flexibility index (Phi) is 5.72. The summed E-state index contributed by atoms with van der Waals surface area (Å²) in [6, 6.07) is 2.23. The first-order chi connectivity index (χ1) is 15.1. The highest BCUT2D eigenvalue weighted by Gasteiger charge is 2.36. The van der Waals surface area contributed by atoms with Gasteiger partial charge in [0, 0.05) is 24.0 Å². The summed E-state index contributed by atoms with van der Waals surface area (Å²) in [5.74, 6) is -0.115. The Bertz CT molecular complexity index is 1160. The third kappa shape index (κ3) is 3.98. The third-order valence-electron chi connectivity index (χ3n) is 6.34. The molecule has 0 radical (unpaired) electrons. The fraction of sp³-hybridized carbons (Fsp3) is 0.545. The highest BCUT2D eigenvalue weighted by Crippen LogP contribution is 2.34. The first-order valence-electron chi connectivity index (χ1n) is 10.9. The van der Waals surface area contributed by atoms with Crippen LogP contribution < -0.4 is 0 Å². The number of carbonyl (C=O) groups excluding carboxylic acids is 1. The molecule has 7 nitrogen and oxygen atoms in total. The molecule has 1 saturated heterocycles. The van der Waals surface area contributed by atoms with Crippen LogP contribution in [0, 0.1) is 20.8 Å². The summed E-state index contributed by atoms with van der Waals surface area (Å²) in [6.45, 7) is 8.19. The molecule has 0 saturated carbocycles. The number of carbonyl (C=O) groups is 1. The molecule has 4 heterocycles. The lowest BCUT2D eigenvalue weighted by atomic mass is 9.99. The van der Waals surface area contributed by atoms with Crippen molar-refractivity contribution in [3.8, 4) is 0 Å². The molecule has 1 aliphatic heterocycles. The van der Waals surface area contributed by atoms with E-state index in [1.165, 1.54) is 0 Å². The standard InChI is InChI=1S/C22H27F3N6O/c1-5-16-10-19(22(23,24)25)31-20(26-16)11-17(28-31)18-8-6-7-9-29(18)21(32)12-30-15(4)13(2)14(3)27-30/h10-11,18H,5-9,12H2,1-4H3. The molecule has 1 amide bonds. The fourth-order valence-corrected chi connectivity index (χ4v) is 4.29. The summed E-state index contributed by atoms with van der Waals surface area (Å²) in [5, 5.41) is 8.72. The number of halogens is 3. The number of likely N-dealkylation sites (tertiary alicyclic amines) is 1. The van der Waals surface area contributed by atoms with Crippen molar-refractivity contribution in [2.75, 3.05) is 6.54 Å². The van der Waals surface area contributed by atoms with E-state index in [0.29, 0.717) is 30.8 Å². The van der Waals surface area contributed by atoms with Crippen molar-refractivity contribution >= 4 is 11.6 Å². The lowest BCUT2D eigenvalue weighted by Crippen LogP contribution is -2.40. The molecule has 1 aliphatic rings. The molecule has 172 valence electrons. The molecule has 4 rings (SSSR count). The van der Waals surface area contributed by atoms with E-state index in [1.807, 2.05) is 20.8 Å². The Morgan fingerprint density at radius 3 is 2.53 bits per heavy atom. The summed E-state index contributed by atoms with van der Waals surface area (Å²) in [5.41, 5.74) is 2.95. The number of aromatic nitrogens is 5. The Morgan fingerprint density at radius 1 is 1.16 bits per heavy atom. The summed E-state index contributed by atoms with van der Waals surface area (Å²) in [7, 11) is 0. The number of alkyl halides is 3. The molecule has 3 aromatic rings. The second kappa shape index (κ2) is 8.22. The topological polar surface area (TPSA) is 68.3 Å². The quantitative estimate of drug-likeness (QED) is 0.600. The van der Waals surface area contributed by atoms with Crippen molar-refractivity contribution in [2.45, 2.75) is 72.1 Å². The molecule has 0 spiro atoms. The van der Waals surface area contributed by atoms with Crippen LogP contribution in [0.25, 0.3) is 5.65 Å². The van der Waals surface area contributed by atoms with Crippen LogP contribution >= 0.6 is 0 Å². The fourth-order valence-electron chi connectivity index (χ4n) is 4.29. The van der Waals surface area contributed by atoms with Gasteiger partial charge in [-0.15, -0.1) is 0 Å². The first-order valence-corrected chi connectivity index (χ1v) is 10.9. The van der Waals surface area contributed by atoms with E-state index in [0.717, 1.165) is 40.4 Å². The van der Waals surface area contributed by atoms with Gasteiger partial charge in [0.25, 0.3) is 0 Å². The van der Waals surface area contributed by atoms with Gasteiger partial charge in [0.15, 0.2) is 5.65 Å². The SMILES string of the molecule is CCc1cc(C(F)(F)F)n2nc(C3CCCCN3C(=O)Cn3nc(C)c(C)c3C)cc2n1. The van der Waals surface area contributed by atoms with Gasteiger partial charge in [0.2, 0.25) is 5.91 Å². The molecular weight excluding hydrogens is 421 g/mol. The van der Waals surface area contributed by atoms with Gasteiger partial charge in [0.05, 0.1) is 17.4 Å². The van der Waals surface area contributed by atoms with Gasteiger partial charge in [-0.25, -0.2) is 9.50 Å². The minimum atomic E-state index is -4.55. The molecule has 0 aromatic carbocycles. The number of aryl methyl sites for hydroxylation is 2. The van der Waals surface area contributed by atoms with Crippen LogP contribution in [0.2, 0.25) is 0 Å². The first kappa shape index (κ1) is 22.3. The minimum absolute atomic E-state index is 0.0937. The van der Waals surface area contributed by atoms with Gasteiger partial charge in [-0.3, -0.25) is 9.48 Å². The predicted octanol–water partition coefficient (Wildman–Crippen LogP) is 4.19. The number of nitrogens with zero attached hydrogens (tertiary/aromatic N) is 6. The maximum Gasteiger partial charge on any atom is 0.433 e. The van der Waals surface area contributed by atoms with Gasteiger partial charge < -0.3 is 4.90 Å². The van der Waals surface area contributed by atoms with Crippen molar-refractivity contribution < 1.29 is 18.0 Å². The number of fused-ring (bicyclic) bond motifs is 1. The van der Waals surface area contributed by atoms with E-state index >= 15 is 0 Å². The molecule has 1 unspecified atom stereocenters.